The van der Waals surface area contributed by atoms with Crippen LogP contribution in [-0.4, -0.2) is 9.97 Å². The van der Waals surface area contributed by atoms with E-state index >= 15 is 0 Å². The Kier molecular flexibility index (Phi) is 6.53. The topological polar surface area (TPSA) is 98.0 Å². The zero-order chi connectivity index (χ0) is 38.6. The summed E-state index contributed by atoms with van der Waals surface area (Å²) in [5.41, 5.74) is 7.68. The standard InChI is InChI=1S/C50H28N4O5/c1-5-13-39-29(9-1)21-49(58-39)53(31-17-19-35-33-11-3-7-15-41(33)55-43(35)23-31)47-25-45-37(27-51-47)38-28-52-48(26-46(38)57-45)54(50-22-30-10-2-6-14-40(30)59-50)32-18-20-36-34-12-4-8-16-42(34)56-44(36)24-32/h1-28H. The molecule has 59 heavy (non-hydrogen) atoms. The monoisotopic (exact) mass is 764 g/mol. The largest absolute Gasteiger partial charge is 0.456 e. The maximum Gasteiger partial charge on any atom is 0.206 e. The van der Waals surface area contributed by atoms with Crippen LogP contribution in [0.4, 0.5) is 34.8 Å². The highest BCUT2D eigenvalue weighted by Crippen LogP contribution is 2.44. The fraction of sp³-hybridized carbons (Fsp3) is 0. The fourth-order valence-corrected chi connectivity index (χ4v) is 8.40. The summed E-state index contributed by atoms with van der Waals surface area (Å²) in [4.78, 5) is 14.0. The Bertz CT molecular complexity index is 3480. The summed E-state index contributed by atoms with van der Waals surface area (Å²) in [7, 11) is 0. The second-order valence-electron chi connectivity index (χ2n) is 14.7. The molecule has 0 aliphatic rings. The Morgan fingerprint density at radius 3 is 1.17 bits per heavy atom. The molecule has 0 aliphatic heterocycles. The summed E-state index contributed by atoms with van der Waals surface area (Å²) in [5, 5.41) is 7.82. The van der Waals surface area contributed by atoms with Crippen LogP contribution in [0.3, 0.4) is 0 Å². The van der Waals surface area contributed by atoms with Gasteiger partial charge < -0.3 is 22.1 Å². The fourth-order valence-electron chi connectivity index (χ4n) is 8.40. The van der Waals surface area contributed by atoms with Crippen molar-refractivity contribution in [2.75, 3.05) is 9.80 Å². The van der Waals surface area contributed by atoms with Gasteiger partial charge in [0.1, 0.15) is 56.3 Å². The molecule has 0 unspecified atom stereocenters. The average Bonchev–Trinajstić information content (AvgIpc) is 4.10. The van der Waals surface area contributed by atoms with Crippen LogP contribution in [0.1, 0.15) is 0 Å². The van der Waals surface area contributed by atoms with Gasteiger partial charge in [-0.3, -0.25) is 9.80 Å². The second-order valence-corrected chi connectivity index (χ2v) is 14.7. The van der Waals surface area contributed by atoms with E-state index in [-0.39, 0.29) is 0 Å². The molecule has 9 nitrogen and oxygen atoms in total. The molecule has 0 bridgehead atoms. The first-order chi connectivity index (χ1) is 29.2. The first-order valence-corrected chi connectivity index (χ1v) is 19.3. The van der Waals surface area contributed by atoms with Gasteiger partial charge in [0.15, 0.2) is 0 Å². The number of pyridine rings is 2. The Hall–Kier alpha value is -8.30. The third kappa shape index (κ3) is 4.91. The summed E-state index contributed by atoms with van der Waals surface area (Å²) >= 11 is 0. The van der Waals surface area contributed by atoms with Gasteiger partial charge in [-0.05, 0) is 48.5 Å². The van der Waals surface area contributed by atoms with Gasteiger partial charge >= 0.3 is 0 Å². The summed E-state index contributed by atoms with van der Waals surface area (Å²) in [6.07, 6.45) is 3.67. The van der Waals surface area contributed by atoms with Crippen molar-refractivity contribution in [3.05, 3.63) is 170 Å². The molecule has 13 rings (SSSR count). The van der Waals surface area contributed by atoms with E-state index in [9.17, 15) is 0 Å². The van der Waals surface area contributed by atoms with Gasteiger partial charge in [-0.2, -0.15) is 0 Å². The normalized spacial score (nSPS) is 12.1. The average molecular weight is 765 g/mol. The number of rotatable bonds is 6. The van der Waals surface area contributed by atoms with Gasteiger partial charge in [-0.1, -0.05) is 72.8 Å². The highest BCUT2D eigenvalue weighted by molar-refractivity contribution is 6.09. The molecule has 0 saturated carbocycles. The summed E-state index contributed by atoms with van der Waals surface area (Å²) in [6.45, 7) is 0. The predicted octanol–water partition coefficient (Wildman–Crippen LogP) is 14.6. The van der Waals surface area contributed by atoms with E-state index in [0.29, 0.717) is 34.6 Å². The highest BCUT2D eigenvalue weighted by Gasteiger charge is 2.24. The predicted molar refractivity (Wildman–Crippen MR) is 233 cm³/mol. The molecule has 0 radical (unpaired) electrons. The summed E-state index contributed by atoms with van der Waals surface area (Å²) in [6, 6.07) is 52.3. The van der Waals surface area contributed by atoms with Crippen molar-refractivity contribution < 1.29 is 22.1 Å². The Morgan fingerprint density at radius 2 is 0.695 bits per heavy atom. The molecule has 7 aromatic heterocycles. The van der Waals surface area contributed by atoms with Crippen molar-refractivity contribution in [1.82, 2.24) is 9.97 Å². The van der Waals surface area contributed by atoms with Crippen molar-refractivity contribution in [3.8, 4) is 0 Å². The van der Waals surface area contributed by atoms with Gasteiger partial charge in [-0.25, -0.2) is 9.97 Å². The van der Waals surface area contributed by atoms with Crippen LogP contribution in [-0.2, 0) is 0 Å². The van der Waals surface area contributed by atoms with Crippen molar-refractivity contribution in [2.24, 2.45) is 0 Å². The first kappa shape index (κ1) is 31.9. The molecule has 0 spiro atoms. The molecule has 0 atom stereocenters. The van der Waals surface area contributed by atoms with Crippen LogP contribution >= 0.6 is 0 Å². The lowest BCUT2D eigenvalue weighted by Gasteiger charge is -2.21. The Morgan fingerprint density at radius 1 is 0.305 bits per heavy atom. The lowest BCUT2D eigenvalue weighted by molar-refractivity contribution is 0.619. The molecule has 6 aromatic carbocycles. The van der Waals surface area contributed by atoms with Crippen LogP contribution in [0.2, 0.25) is 0 Å². The molecule has 13 aromatic rings. The van der Waals surface area contributed by atoms with Crippen molar-refractivity contribution >= 4 is 123 Å². The van der Waals surface area contributed by atoms with Gasteiger partial charge in [0.2, 0.25) is 11.8 Å². The van der Waals surface area contributed by atoms with E-state index < -0.39 is 0 Å². The Labute approximate surface area is 333 Å². The Balaban J connectivity index is 0.959. The number of furan rings is 5. The van der Waals surface area contributed by atoms with E-state index in [4.69, 9.17) is 32.1 Å². The number of hydrogen-bond donors (Lipinski definition) is 0. The smallest absolute Gasteiger partial charge is 0.206 e. The van der Waals surface area contributed by atoms with Gasteiger partial charge in [-0.15, -0.1) is 0 Å². The number of para-hydroxylation sites is 4. The number of anilines is 6. The molecule has 0 N–H and O–H groups in total. The molecule has 278 valence electrons. The number of nitrogens with zero attached hydrogens (tertiary/aromatic N) is 4. The molecule has 0 amide bonds. The minimum Gasteiger partial charge on any atom is -0.456 e. The van der Waals surface area contributed by atoms with Crippen LogP contribution in [0.5, 0.6) is 0 Å². The number of benzene rings is 6. The molecule has 0 aliphatic carbocycles. The van der Waals surface area contributed by atoms with Crippen molar-refractivity contribution in [1.29, 1.82) is 0 Å². The van der Waals surface area contributed by atoms with Crippen molar-refractivity contribution in [3.63, 3.8) is 0 Å². The lowest BCUT2D eigenvalue weighted by atomic mass is 10.1. The van der Waals surface area contributed by atoms with E-state index in [2.05, 4.69) is 36.4 Å². The zero-order valence-electron chi connectivity index (χ0n) is 31.0. The minimum absolute atomic E-state index is 0.608. The molecule has 9 heteroatoms. The molecule has 7 heterocycles. The first-order valence-electron chi connectivity index (χ1n) is 19.3. The van der Waals surface area contributed by atoms with Gasteiger partial charge in [0, 0.05) is 91.9 Å². The van der Waals surface area contributed by atoms with Crippen LogP contribution < -0.4 is 9.80 Å². The summed E-state index contributed by atoms with van der Waals surface area (Å²) in [5.74, 6) is 2.44. The van der Waals surface area contributed by atoms with E-state index in [1.807, 2.05) is 144 Å². The molecular formula is C50H28N4O5. The number of fused-ring (bicyclic) bond motifs is 11. The van der Waals surface area contributed by atoms with E-state index in [1.165, 1.54) is 0 Å². The quantitative estimate of drug-likeness (QED) is 0.164. The SMILES string of the molecule is c1ccc2oc(N(c3ccc4c(c3)oc3ccccc34)c3cc4oc5cc(N(c6ccc7c(c6)oc6ccccc67)c6cc7ccccc7o6)ncc5c4cn3)cc2c1. The van der Waals surface area contributed by atoms with Crippen molar-refractivity contribution in [2.45, 2.75) is 0 Å². The van der Waals surface area contributed by atoms with Gasteiger partial charge in [0.25, 0.3) is 0 Å². The lowest BCUT2D eigenvalue weighted by Crippen LogP contribution is -2.10. The molecular weight excluding hydrogens is 737 g/mol. The van der Waals surface area contributed by atoms with Crippen LogP contribution in [0, 0.1) is 0 Å². The minimum atomic E-state index is 0.608. The molecule has 0 fully saturated rings. The molecule has 0 saturated heterocycles. The van der Waals surface area contributed by atoms with Crippen LogP contribution in [0.15, 0.2) is 192 Å². The summed E-state index contributed by atoms with van der Waals surface area (Å²) < 4.78 is 32.2. The second kappa shape index (κ2) is 12.1. The zero-order valence-corrected chi connectivity index (χ0v) is 31.0. The maximum atomic E-state index is 6.68. The third-order valence-electron chi connectivity index (χ3n) is 11.2. The van der Waals surface area contributed by atoms with E-state index in [1.54, 1.807) is 0 Å². The number of hydrogen-bond acceptors (Lipinski definition) is 9. The maximum absolute atomic E-state index is 6.68. The number of aromatic nitrogens is 2. The third-order valence-corrected chi connectivity index (χ3v) is 11.2. The van der Waals surface area contributed by atoms with Crippen LogP contribution in [0.25, 0.3) is 87.8 Å². The van der Waals surface area contributed by atoms with E-state index in [0.717, 1.165) is 88.0 Å². The van der Waals surface area contributed by atoms with Gasteiger partial charge in [0.05, 0.1) is 11.4 Å². The highest BCUT2D eigenvalue weighted by atomic mass is 16.4.